The van der Waals surface area contributed by atoms with Crippen LogP contribution in [-0.4, -0.2) is 24.1 Å². The van der Waals surface area contributed by atoms with Gasteiger partial charge in [0.25, 0.3) is 5.91 Å². The Balaban J connectivity index is 2.06. The molecule has 114 valence electrons. The summed E-state index contributed by atoms with van der Waals surface area (Å²) >= 11 is 1.04. The summed E-state index contributed by atoms with van der Waals surface area (Å²) in [5.41, 5.74) is 1.26. The number of aryl methyl sites for hydroxylation is 2. The SMILES string of the molecule is CCn1nc(C)cc1C(=O)NCc1ccc(S(N)(=O)=O)s1. The molecule has 2 aromatic rings. The molecule has 0 fully saturated rings. The largest absolute Gasteiger partial charge is 0.346 e. The lowest BCUT2D eigenvalue weighted by Gasteiger charge is -2.05. The number of amides is 1. The van der Waals surface area contributed by atoms with Gasteiger partial charge in [-0.2, -0.15) is 5.10 Å². The Morgan fingerprint density at radius 2 is 2.19 bits per heavy atom. The summed E-state index contributed by atoms with van der Waals surface area (Å²) in [6, 6.07) is 4.78. The van der Waals surface area contributed by atoms with E-state index in [2.05, 4.69) is 10.4 Å². The van der Waals surface area contributed by atoms with E-state index >= 15 is 0 Å². The number of aromatic nitrogens is 2. The van der Waals surface area contributed by atoms with Gasteiger partial charge in [-0.05, 0) is 32.0 Å². The molecule has 7 nitrogen and oxygen atoms in total. The van der Waals surface area contributed by atoms with Crippen LogP contribution in [0.2, 0.25) is 0 Å². The lowest BCUT2D eigenvalue weighted by atomic mass is 10.3. The fraction of sp³-hybridized carbons (Fsp3) is 0.333. The molecule has 2 aromatic heterocycles. The first-order valence-electron chi connectivity index (χ1n) is 6.25. The van der Waals surface area contributed by atoms with Crippen LogP contribution in [0, 0.1) is 6.92 Å². The van der Waals surface area contributed by atoms with Crippen LogP contribution in [0.4, 0.5) is 0 Å². The van der Waals surface area contributed by atoms with Gasteiger partial charge >= 0.3 is 0 Å². The van der Waals surface area contributed by atoms with Crippen molar-refractivity contribution >= 4 is 27.3 Å². The van der Waals surface area contributed by atoms with Gasteiger partial charge in [-0.3, -0.25) is 9.48 Å². The standard InChI is InChI=1S/C12H16N4O3S2/c1-3-16-10(6-8(2)15-16)12(17)14-7-9-4-5-11(20-9)21(13,18)19/h4-6H,3,7H2,1-2H3,(H,14,17)(H2,13,18,19). The molecule has 0 bridgehead atoms. The smallest absolute Gasteiger partial charge is 0.269 e. The van der Waals surface area contributed by atoms with Crippen molar-refractivity contribution < 1.29 is 13.2 Å². The van der Waals surface area contributed by atoms with Crippen molar-refractivity contribution in [2.24, 2.45) is 5.14 Å². The minimum Gasteiger partial charge on any atom is -0.346 e. The number of thiophene rings is 1. The molecule has 0 spiro atoms. The van der Waals surface area contributed by atoms with Crippen LogP contribution in [0.1, 0.15) is 28.0 Å². The van der Waals surface area contributed by atoms with Crippen molar-refractivity contribution in [2.45, 2.75) is 31.1 Å². The highest BCUT2D eigenvalue weighted by atomic mass is 32.2. The van der Waals surface area contributed by atoms with Gasteiger partial charge in [0.2, 0.25) is 10.0 Å². The van der Waals surface area contributed by atoms with E-state index in [1.165, 1.54) is 6.07 Å². The third-order valence-corrected chi connectivity index (χ3v) is 5.30. The molecule has 0 aliphatic carbocycles. The van der Waals surface area contributed by atoms with E-state index in [-0.39, 0.29) is 16.7 Å². The Bertz CT molecular complexity index is 761. The van der Waals surface area contributed by atoms with Gasteiger partial charge in [-0.1, -0.05) is 0 Å². The van der Waals surface area contributed by atoms with Crippen molar-refractivity contribution in [3.05, 3.63) is 34.5 Å². The Morgan fingerprint density at radius 3 is 2.76 bits per heavy atom. The number of nitrogens with zero attached hydrogens (tertiary/aromatic N) is 2. The number of carbonyl (C=O) groups is 1. The van der Waals surface area contributed by atoms with E-state index in [1.807, 2.05) is 13.8 Å². The molecule has 0 unspecified atom stereocenters. The van der Waals surface area contributed by atoms with Crippen molar-refractivity contribution in [2.75, 3.05) is 0 Å². The van der Waals surface area contributed by atoms with Gasteiger partial charge in [0, 0.05) is 11.4 Å². The number of carbonyl (C=O) groups excluding carboxylic acids is 1. The molecule has 0 aliphatic rings. The number of primary sulfonamides is 1. The van der Waals surface area contributed by atoms with Gasteiger partial charge in [0.15, 0.2) is 0 Å². The summed E-state index contributed by atoms with van der Waals surface area (Å²) in [5.74, 6) is -0.247. The quantitative estimate of drug-likeness (QED) is 0.848. The maximum atomic E-state index is 12.1. The first-order chi connectivity index (χ1) is 9.81. The van der Waals surface area contributed by atoms with Crippen molar-refractivity contribution in [1.82, 2.24) is 15.1 Å². The van der Waals surface area contributed by atoms with Crippen LogP contribution in [0.5, 0.6) is 0 Å². The second-order valence-corrected chi connectivity index (χ2v) is 7.39. The van der Waals surface area contributed by atoms with Crippen LogP contribution in [0.15, 0.2) is 22.4 Å². The van der Waals surface area contributed by atoms with Crippen molar-refractivity contribution in [3.8, 4) is 0 Å². The van der Waals surface area contributed by atoms with E-state index in [0.29, 0.717) is 17.1 Å². The van der Waals surface area contributed by atoms with Gasteiger partial charge in [0.1, 0.15) is 9.90 Å². The molecule has 0 aliphatic heterocycles. The predicted octanol–water partition coefficient (Wildman–Crippen LogP) is 0.850. The van der Waals surface area contributed by atoms with Gasteiger partial charge < -0.3 is 5.32 Å². The monoisotopic (exact) mass is 328 g/mol. The maximum absolute atomic E-state index is 12.1. The van der Waals surface area contributed by atoms with Crippen LogP contribution in [-0.2, 0) is 23.1 Å². The molecule has 2 rings (SSSR count). The first kappa shape index (κ1) is 15.7. The molecule has 0 radical (unpaired) electrons. The second-order valence-electron chi connectivity index (χ2n) is 4.44. The molecule has 2 heterocycles. The van der Waals surface area contributed by atoms with Gasteiger partial charge in [0.05, 0.1) is 12.2 Å². The van der Waals surface area contributed by atoms with E-state index in [4.69, 9.17) is 5.14 Å². The first-order valence-corrected chi connectivity index (χ1v) is 8.61. The Morgan fingerprint density at radius 1 is 1.48 bits per heavy atom. The van der Waals surface area contributed by atoms with Gasteiger partial charge in [-0.25, -0.2) is 13.6 Å². The molecule has 0 atom stereocenters. The molecular weight excluding hydrogens is 312 g/mol. The average molecular weight is 328 g/mol. The number of nitrogens with two attached hydrogens (primary N) is 1. The zero-order chi connectivity index (χ0) is 15.6. The van der Waals surface area contributed by atoms with E-state index in [0.717, 1.165) is 17.0 Å². The minimum absolute atomic E-state index is 0.0844. The third kappa shape index (κ3) is 3.69. The van der Waals surface area contributed by atoms with Crippen LogP contribution >= 0.6 is 11.3 Å². The Labute approximate surface area is 126 Å². The lowest BCUT2D eigenvalue weighted by molar-refractivity contribution is 0.0940. The number of rotatable bonds is 5. The van der Waals surface area contributed by atoms with Crippen LogP contribution < -0.4 is 10.5 Å². The Hall–Kier alpha value is -1.71. The summed E-state index contributed by atoms with van der Waals surface area (Å²) in [6.07, 6.45) is 0. The molecule has 0 saturated heterocycles. The minimum atomic E-state index is -3.69. The zero-order valence-corrected chi connectivity index (χ0v) is 13.3. The number of nitrogens with one attached hydrogen (secondary N) is 1. The Kier molecular flexibility index (Phi) is 4.45. The molecule has 1 amide bonds. The number of sulfonamides is 1. The number of hydrogen-bond acceptors (Lipinski definition) is 5. The summed E-state index contributed by atoms with van der Waals surface area (Å²) < 4.78 is 24.1. The van der Waals surface area contributed by atoms with Crippen molar-refractivity contribution in [3.63, 3.8) is 0 Å². The summed E-state index contributed by atoms with van der Waals surface area (Å²) in [4.78, 5) is 12.8. The fourth-order valence-electron chi connectivity index (χ4n) is 1.83. The predicted molar refractivity (Wildman–Crippen MR) is 79.5 cm³/mol. The lowest BCUT2D eigenvalue weighted by Crippen LogP contribution is -2.25. The summed E-state index contributed by atoms with van der Waals surface area (Å²) in [6.45, 7) is 4.57. The second kappa shape index (κ2) is 5.96. The highest BCUT2D eigenvalue weighted by Gasteiger charge is 2.14. The summed E-state index contributed by atoms with van der Waals surface area (Å²) in [5, 5.41) is 12.0. The van der Waals surface area contributed by atoms with Crippen molar-refractivity contribution in [1.29, 1.82) is 0 Å². The average Bonchev–Trinajstić information content (AvgIpc) is 3.01. The van der Waals surface area contributed by atoms with Crippen LogP contribution in [0.25, 0.3) is 0 Å². The molecule has 0 aromatic carbocycles. The summed E-state index contributed by atoms with van der Waals surface area (Å²) in [7, 11) is -3.69. The zero-order valence-electron chi connectivity index (χ0n) is 11.7. The maximum Gasteiger partial charge on any atom is 0.269 e. The molecule has 0 saturated carbocycles. The highest BCUT2D eigenvalue weighted by molar-refractivity contribution is 7.91. The highest BCUT2D eigenvalue weighted by Crippen LogP contribution is 2.20. The van der Waals surface area contributed by atoms with E-state index in [9.17, 15) is 13.2 Å². The van der Waals surface area contributed by atoms with E-state index < -0.39 is 10.0 Å². The molecule has 9 heteroatoms. The van der Waals surface area contributed by atoms with Crippen LogP contribution in [0.3, 0.4) is 0 Å². The van der Waals surface area contributed by atoms with E-state index in [1.54, 1.807) is 16.8 Å². The topological polar surface area (TPSA) is 107 Å². The molecule has 3 N–H and O–H groups in total. The fourth-order valence-corrected chi connectivity index (χ4v) is 3.55. The normalized spacial score (nSPS) is 11.6. The molecule has 21 heavy (non-hydrogen) atoms. The van der Waals surface area contributed by atoms with Gasteiger partial charge in [-0.15, -0.1) is 11.3 Å². The number of hydrogen-bond donors (Lipinski definition) is 2. The third-order valence-electron chi connectivity index (χ3n) is 2.77. The molecular formula is C12H16N4O3S2.